The number of piperidine rings is 2. The highest BCUT2D eigenvalue weighted by Crippen LogP contribution is 2.31. The molecule has 0 saturated carbocycles. The number of rotatable bonds is 5. The van der Waals surface area contributed by atoms with Gasteiger partial charge in [-0.3, -0.25) is 4.79 Å². The number of nitrogens with one attached hydrogen (secondary N) is 2. The Morgan fingerprint density at radius 1 is 1.17 bits per heavy atom. The van der Waals surface area contributed by atoms with Gasteiger partial charge in [0.05, 0.1) is 12.8 Å². The average molecular weight is 468 g/mol. The van der Waals surface area contributed by atoms with Crippen molar-refractivity contribution >= 4 is 46.2 Å². The highest BCUT2D eigenvalue weighted by molar-refractivity contribution is 7.92. The smallest absolute Gasteiger partial charge is 0.241 e. The van der Waals surface area contributed by atoms with Crippen LogP contribution in [-0.4, -0.2) is 64.7 Å². The van der Waals surface area contributed by atoms with Gasteiger partial charge in [-0.25, -0.2) is 8.42 Å². The zero-order valence-corrected chi connectivity index (χ0v) is 19.3. The van der Waals surface area contributed by atoms with Crippen LogP contribution in [0, 0.1) is 0 Å². The average Bonchev–Trinajstić information content (AvgIpc) is 2.68. The molecule has 0 aliphatic carbocycles. The second kappa shape index (κ2) is 10.7. The maximum Gasteiger partial charge on any atom is 0.241 e. The summed E-state index contributed by atoms with van der Waals surface area (Å²) in [7, 11) is -1.82. The van der Waals surface area contributed by atoms with E-state index in [2.05, 4.69) is 15.5 Å². The Morgan fingerprint density at radius 2 is 1.76 bits per heavy atom. The van der Waals surface area contributed by atoms with Gasteiger partial charge in [0.25, 0.3) is 0 Å². The largest absolute Gasteiger partial charge is 0.495 e. The number of nitrogens with zero attached hydrogens (tertiary/aromatic N) is 1. The molecule has 2 aliphatic rings. The first kappa shape index (κ1) is 25.8. The van der Waals surface area contributed by atoms with E-state index in [9.17, 15) is 13.2 Å². The molecule has 7 nitrogen and oxygen atoms in total. The molecule has 0 unspecified atom stereocenters. The van der Waals surface area contributed by atoms with Crippen molar-refractivity contribution in [3.05, 3.63) is 24.3 Å². The zero-order valence-electron chi connectivity index (χ0n) is 16.8. The van der Waals surface area contributed by atoms with Crippen LogP contribution in [-0.2, 0) is 14.6 Å². The van der Waals surface area contributed by atoms with Crippen LogP contribution < -0.4 is 20.3 Å². The first-order chi connectivity index (χ1) is 12.9. The van der Waals surface area contributed by atoms with E-state index in [1.807, 2.05) is 24.3 Å². The monoisotopic (exact) mass is 467 g/mol. The van der Waals surface area contributed by atoms with Crippen molar-refractivity contribution in [1.82, 2.24) is 10.6 Å². The summed E-state index contributed by atoms with van der Waals surface area (Å²) in [6.07, 6.45) is 3.40. The number of hydrogen-bond donors (Lipinski definition) is 2. The van der Waals surface area contributed by atoms with Crippen molar-refractivity contribution in [2.45, 2.75) is 36.5 Å². The lowest BCUT2D eigenvalue weighted by Gasteiger charge is -2.38. The maximum absolute atomic E-state index is 12.9. The second-order valence-corrected chi connectivity index (χ2v) is 9.75. The van der Waals surface area contributed by atoms with Crippen molar-refractivity contribution in [2.75, 3.05) is 44.4 Å². The fourth-order valence-electron chi connectivity index (χ4n) is 4.07. The molecule has 2 N–H and O–H groups in total. The molecule has 0 bridgehead atoms. The van der Waals surface area contributed by atoms with Crippen LogP contribution in [0.15, 0.2) is 24.3 Å². The molecule has 166 valence electrons. The molecule has 0 aromatic heterocycles. The topological polar surface area (TPSA) is 87.7 Å². The van der Waals surface area contributed by atoms with Crippen LogP contribution in [0.3, 0.4) is 0 Å². The molecule has 0 atom stereocenters. The summed E-state index contributed by atoms with van der Waals surface area (Å²) in [5, 5.41) is 6.17. The molecule has 1 aromatic rings. The molecule has 1 aromatic carbocycles. The number of para-hydroxylation sites is 2. The van der Waals surface area contributed by atoms with Gasteiger partial charge >= 0.3 is 0 Å². The number of benzene rings is 1. The third kappa shape index (κ3) is 5.48. The molecule has 2 aliphatic heterocycles. The Kier molecular flexibility index (Phi) is 9.53. The molecule has 2 saturated heterocycles. The van der Waals surface area contributed by atoms with Crippen LogP contribution in [0.4, 0.5) is 5.69 Å². The molecule has 29 heavy (non-hydrogen) atoms. The van der Waals surface area contributed by atoms with Gasteiger partial charge in [0.1, 0.15) is 5.75 Å². The normalized spacial score (nSPS) is 19.4. The number of amides is 1. The fourth-order valence-corrected chi connectivity index (χ4v) is 5.41. The summed E-state index contributed by atoms with van der Waals surface area (Å²) in [6.45, 7) is 2.68. The van der Waals surface area contributed by atoms with Crippen LogP contribution in [0.5, 0.6) is 5.75 Å². The number of methoxy groups -OCH3 is 1. The second-order valence-electron chi connectivity index (χ2n) is 7.42. The Morgan fingerprint density at radius 3 is 2.31 bits per heavy atom. The summed E-state index contributed by atoms with van der Waals surface area (Å²) < 4.78 is 28.9. The minimum absolute atomic E-state index is 0. The standard InChI is InChI=1S/C19H29N3O4S.2ClH/c1-26-17-6-4-3-5-16(17)22-13-7-15(8-14-22)21-18(23)19(27(2,24)25)9-11-20-12-10-19;;/h3-6,15,20H,7-14H2,1-2H3,(H,21,23);2*1H. The minimum atomic E-state index is -3.48. The van der Waals surface area contributed by atoms with Gasteiger partial charge in [0, 0.05) is 25.4 Å². The molecule has 3 rings (SSSR count). The van der Waals surface area contributed by atoms with E-state index < -0.39 is 14.6 Å². The summed E-state index contributed by atoms with van der Waals surface area (Å²) in [5.74, 6) is 0.507. The third-order valence-electron chi connectivity index (χ3n) is 5.79. The van der Waals surface area contributed by atoms with Crippen LogP contribution in [0.25, 0.3) is 0 Å². The van der Waals surface area contributed by atoms with Gasteiger partial charge in [-0.1, -0.05) is 12.1 Å². The van der Waals surface area contributed by atoms with E-state index in [-0.39, 0.29) is 36.8 Å². The fraction of sp³-hybridized carbons (Fsp3) is 0.632. The van der Waals surface area contributed by atoms with Crippen molar-refractivity contribution < 1.29 is 17.9 Å². The van der Waals surface area contributed by atoms with Crippen molar-refractivity contribution in [2.24, 2.45) is 0 Å². The lowest BCUT2D eigenvalue weighted by molar-refractivity contribution is -0.125. The molecule has 2 heterocycles. The van der Waals surface area contributed by atoms with Crippen molar-refractivity contribution in [3.63, 3.8) is 0 Å². The molecule has 2 fully saturated rings. The van der Waals surface area contributed by atoms with E-state index in [1.54, 1.807) is 7.11 Å². The molecule has 0 spiro atoms. The number of sulfone groups is 1. The predicted octanol–water partition coefficient (Wildman–Crippen LogP) is 1.79. The Hall–Kier alpha value is -1.22. The van der Waals surface area contributed by atoms with E-state index in [1.165, 1.54) is 6.26 Å². The molecular weight excluding hydrogens is 437 g/mol. The van der Waals surface area contributed by atoms with E-state index >= 15 is 0 Å². The first-order valence-electron chi connectivity index (χ1n) is 9.47. The Bertz CT molecular complexity index is 777. The summed E-state index contributed by atoms with van der Waals surface area (Å²) >= 11 is 0. The number of hydrogen-bond acceptors (Lipinski definition) is 6. The SMILES string of the molecule is COc1ccccc1N1CCC(NC(=O)C2(S(C)(=O)=O)CCNCC2)CC1.Cl.Cl. The Labute approximate surface area is 185 Å². The highest BCUT2D eigenvalue weighted by Gasteiger charge is 2.49. The third-order valence-corrected chi connectivity index (χ3v) is 7.80. The minimum Gasteiger partial charge on any atom is -0.495 e. The number of carbonyl (C=O) groups excluding carboxylic acids is 1. The van der Waals surface area contributed by atoms with Gasteiger partial charge in [-0.2, -0.15) is 0 Å². The zero-order chi connectivity index (χ0) is 19.5. The summed E-state index contributed by atoms with van der Waals surface area (Å²) in [6, 6.07) is 7.90. The highest BCUT2D eigenvalue weighted by atomic mass is 35.5. The van der Waals surface area contributed by atoms with Gasteiger partial charge < -0.3 is 20.3 Å². The number of anilines is 1. The predicted molar refractivity (Wildman–Crippen MR) is 121 cm³/mol. The van der Waals surface area contributed by atoms with Gasteiger partial charge in [0.15, 0.2) is 14.6 Å². The van der Waals surface area contributed by atoms with Gasteiger partial charge in [-0.15, -0.1) is 24.8 Å². The summed E-state index contributed by atoms with van der Waals surface area (Å²) in [4.78, 5) is 15.2. The van der Waals surface area contributed by atoms with E-state index in [4.69, 9.17) is 4.74 Å². The number of ether oxygens (including phenoxy) is 1. The van der Waals surface area contributed by atoms with Crippen molar-refractivity contribution in [1.29, 1.82) is 0 Å². The number of carbonyl (C=O) groups is 1. The van der Waals surface area contributed by atoms with Crippen LogP contribution >= 0.6 is 24.8 Å². The molecule has 0 radical (unpaired) electrons. The van der Waals surface area contributed by atoms with E-state index in [0.717, 1.165) is 37.4 Å². The lowest BCUT2D eigenvalue weighted by atomic mass is 9.94. The van der Waals surface area contributed by atoms with Crippen LogP contribution in [0.1, 0.15) is 25.7 Å². The molecular formula is C19H31Cl2N3O4S. The summed E-state index contributed by atoms with van der Waals surface area (Å²) in [5.41, 5.74) is 1.05. The quantitative estimate of drug-likeness (QED) is 0.685. The first-order valence-corrected chi connectivity index (χ1v) is 11.4. The van der Waals surface area contributed by atoms with E-state index in [0.29, 0.717) is 25.9 Å². The van der Waals surface area contributed by atoms with Crippen LogP contribution in [0.2, 0.25) is 0 Å². The van der Waals surface area contributed by atoms with Gasteiger partial charge in [0.2, 0.25) is 5.91 Å². The van der Waals surface area contributed by atoms with Crippen molar-refractivity contribution in [3.8, 4) is 5.75 Å². The Balaban J connectivity index is 0.00000210. The number of halogens is 2. The van der Waals surface area contributed by atoms with Gasteiger partial charge in [-0.05, 0) is 50.9 Å². The molecule has 1 amide bonds. The molecule has 10 heteroatoms. The maximum atomic E-state index is 12.9. The lowest BCUT2D eigenvalue weighted by Crippen LogP contribution is -2.59.